The lowest BCUT2D eigenvalue weighted by Crippen LogP contribution is -2.36. The Balaban J connectivity index is 2.34. The Morgan fingerprint density at radius 3 is 2.33 bits per heavy atom. The Kier molecular flexibility index (Phi) is 2.94. The summed E-state index contributed by atoms with van der Waals surface area (Å²) in [4.78, 5) is 27.3. The highest BCUT2D eigenvalue weighted by atomic mass is 16.5. The summed E-state index contributed by atoms with van der Waals surface area (Å²) in [5.74, 6) is 0.749. The largest absolute Gasteiger partial charge is 0.497 e. The summed E-state index contributed by atoms with van der Waals surface area (Å²) < 4.78 is 7.68. The van der Waals surface area contributed by atoms with Crippen molar-refractivity contribution < 1.29 is 4.74 Å². The van der Waals surface area contributed by atoms with E-state index in [1.165, 1.54) is 11.6 Å². The van der Waals surface area contributed by atoms with Crippen molar-refractivity contribution in [2.45, 2.75) is 0 Å². The normalized spacial score (nSPS) is 11.0. The van der Waals surface area contributed by atoms with Crippen LogP contribution in [-0.2, 0) is 14.1 Å². The second-order valence-corrected chi connectivity index (χ2v) is 4.86. The number of nitrogens with zero attached hydrogens (tertiary/aromatic N) is 2. The molecule has 1 aromatic carbocycles. The zero-order valence-electron chi connectivity index (χ0n) is 12.0. The monoisotopic (exact) mass is 285 g/mol. The van der Waals surface area contributed by atoms with Crippen LogP contribution in [-0.4, -0.2) is 21.2 Å². The number of aromatic amines is 1. The van der Waals surface area contributed by atoms with E-state index in [-0.39, 0.29) is 11.2 Å². The van der Waals surface area contributed by atoms with Gasteiger partial charge >= 0.3 is 5.69 Å². The number of nitrogens with one attached hydrogen (secondary N) is 1. The number of aryl methyl sites for hydroxylation is 1. The number of benzene rings is 1. The van der Waals surface area contributed by atoms with Gasteiger partial charge in [-0.25, -0.2) is 4.79 Å². The maximum absolute atomic E-state index is 12.4. The average molecular weight is 285 g/mol. The van der Waals surface area contributed by atoms with Crippen molar-refractivity contribution in [2.75, 3.05) is 7.11 Å². The van der Waals surface area contributed by atoms with Gasteiger partial charge in [0, 0.05) is 25.9 Å². The second kappa shape index (κ2) is 4.66. The Hall–Kier alpha value is -2.76. The molecule has 1 N–H and O–H groups in total. The van der Waals surface area contributed by atoms with Crippen LogP contribution >= 0.6 is 0 Å². The van der Waals surface area contributed by atoms with Gasteiger partial charge in [-0.1, -0.05) is 12.1 Å². The predicted molar refractivity (Wildman–Crippen MR) is 80.8 cm³/mol. The fraction of sp³-hybridized carbons (Fsp3) is 0.200. The fourth-order valence-corrected chi connectivity index (χ4v) is 2.47. The van der Waals surface area contributed by atoms with E-state index in [0.717, 1.165) is 21.4 Å². The number of ether oxygens (including phenoxy) is 1. The van der Waals surface area contributed by atoms with Gasteiger partial charge in [0.15, 0.2) is 0 Å². The van der Waals surface area contributed by atoms with Crippen molar-refractivity contribution >= 4 is 11.0 Å². The molecule has 0 saturated carbocycles. The summed E-state index contributed by atoms with van der Waals surface area (Å²) in [5, 5.41) is 0.504. The summed E-state index contributed by atoms with van der Waals surface area (Å²) in [6, 6.07) is 7.43. The third-order valence-electron chi connectivity index (χ3n) is 3.69. The minimum absolute atomic E-state index is 0.305. The molecular weight excluding hydrogens is 270 g/mol. The Labute approximate surface area is 120 Å². The molecule has 0 saturated heterocycles. The molecule has 6 heteroatoms. The molecule has 6 nitrogen and oxygen atoms in total. The van der Waals surface area contributed by atoms with E-state index in [1.807, 2.05) is 24.3 Å². The van der Waals surface area contributed by atoms with Crippen molar-refractivity contribution in [1.29, 1.82) is 0 Å². The highest BCUT2D eigenvalue weighted by Crippen LogP contribution is 2.27. The van der Waals surface area contributed by atoms with Crippen LogP contribution in [0.3, 0.4) is 0 Å². The van der Waals surface area contributed by atoms with E-state index in [4.69, 9.17) is 4.74 Å². The van der Waals surface area contributed by atoms with Gasteiger partial charge < -0.3 is 9.72 Å². The maximum atomic E-state index is 12.4. The molecule has 3 rings (SSSR count). The van der Waals surface area contributed by atoms with E-state index in [9.17, 15) is 9.59 Å². The number of aromatic nitrogens is 3. The number of H-pyrrole nitrogens is 1. The molecule has 3 aromatic rings. The number of fused-ring (bicyclic) bond motifs is 1. The van der Waals surface area contributed by atoms with Crippen LogP contribution in [0.1, 0.15) is 0 Å². The molecule has 0 aliphatic heterocycles. The fourth-order valence-electron chi connectivity index (χ4n) is 2.47. The van der Waals surface area contributed by atoms with Gasteiger partial charge in [0.25, 0.3) is 5.56 Å². The van der Waals surface area contributed by atoms with Gasteiger partial charge in [-0.05, 0) is 17.7 Å². The third kappa shape index (κ3) is 1.87. The Morgan fingerprint density at radius 1 is 1.05 bits per heavy atom. The minimum Gasteiger partial charge on any atom is -0.497 e. The first kappa shape index (κ1) is 13.2. The Bertz CT molecular complexity index is 930. The molecule has 2 heterocycles. The summed E-state index contributed by atoms with van der Waals surface area (Å²) in [6.45, 7) is 0. The topological polar surface area (TPSA) is 69.0 Å². The van der Waals surface area contributed by atoms with E-state index < -0.39 is 0 Å². The van der Waals surface area contributed by atoms with Gasteiger partial charge in [-0.2, -0.15) is 0 Å². The molecule has 0 aliphatic rings. The van der Waals surface area contributed by atoms with Crippen LogP contribution in [0.2, 0.25) is 0 Å². The molecule has 21 heavy (non-hydrogen) atoms. The van der Waals surface area contributed by atoms with Gasteiger partial charge in [-0.3, -0.25) is 13.9 Å². The molecule has 0 fully saturated rings. The first-order valence-electron chi connectivity index (χ1n) is 6.46. The van der Waals surface area contributed by atoms with Gasteiger partial charge in [0.2, 0.25) is 0 Å². The summed E-state index contributed by atoms with van der Waals surface area (Å²) in [7, 11) is 4.72. The highest BCUT2D eigenvalue weighted by Gasteiger charge is 2.15. The van der Waals surface area contributed by atoms with Crippen molar-refractivity contribution in [3.05, 3.63) is 51.3 Å². The molecule has 0 unspecified atom stereocenters. The first-order chi connectivity index (χ1) is 10.0. The standard InChI is InChI=1S/C15H15N3O3/c1-17-13-12(14(19)18(2)15(17)20)11(8-16-13)9-4-6-10(21-3)7-5-9/h4-8,16H,1-3H3. The van der Waals surface area contributed by atoms with Crippen molar-refractivity contribution in [1.82, 2.24) is 14.1 Å². The lowest BCUT2D eigenvalue weighted by Gasteiger charge is -2.05. The minimum atomic E-state index is -0.351. The molecule has 0 amide bonds. The summed E-state index contributed by atoms with van der Waals surface area (Å²) >= 11 is 0. The number of rotatable bonds is 2. The van der Waals surface area contributed by atoms with Crippen LogP contribution < -0.4 is 16.0 Å². The van der Waals surface area contributed by atoms with Crippen molar-refractivity contribution in [3.8, 4) is 16.9 Å². The SMILES string of the molecule is COc1ccc(-c2c[nH]c3c2c(=O)n(C)c(=O)n3C)cc1. The van der Waals surface area contributed by atoms with Crippen LogP contribution in [0.5, 0.6) is 5.75 Å². The molecular formula is C15H15N3O3. The zero-order valence-corrected chi connectivity index (χ0v) is 12.0. The number of hydrogen-bond acceptors (Lipinski definition) is 3. The molecule has 0 spiro atoms. The molecule has 108 valence electrons. The molecule has 0 aliphatic carbocycles. The van der Waals surface area contributed by atoms with E-state index in [0.29, 0.717) is 11.0 Å². The van der Waals surface area contributed by atoms with Crippen molar-refractivity contribution in [2.24, 2.45) is 14.1 Å². The zero-order chi connectivity index (χ0) is 15.1. The van der Waals surface area contributed by atoms with E-state index >= 15 is 0 Å². The third-order valence-corrected chi connectivity index (χ3v) is 3.69. The van der Waals surface area contributed by atoms with Crippen LogP contribution in [0.15, 0.2) is 40.1 Å². The maximum Gasteiger partial charge on any atom is 0.332 e. The molecule has 0 atom stereocenters. The van der Waals surface area contributed by atoms with Gasteiger partial charge in [-0.15, -0.1) is 0 Å². The van der Waals surface area contributed by atoms with E-state index in [1.54, 1.807) is 20.4 Å². The Morgan fingerprint density at radius 2 is 1.71 bits per heavy atom. The van der Waals surface area contributed by atoms with Crippen LogP contribution in [0.4, 0.5) is 0 Å². The first-order valence-corrected chi connectivity index (χ1v) is 6.46. The predicted octanol–water partition coefficient (Wildman–Crippen LogP) is 1.24. The van der Waals surface area contributed by atoms with Gasteiger partial charge in [0.1, 0.15) is 11.4 Å². The molecule has 0 bridgehead atoms. The lowest BCUT2D eigenvalue weighted by atomic mass is 10.1. The molecule has 0 radical (unpaired) electrons. The summed E-state index contributed by atoms with van der Waals surface area (Å²) in [5.41, 5.74) is 1.52. The molecule has 2 aromatic heterocycles. The number of methoxy groups -OCH3 is 1. The second-order valence-electron chi connectivity index (χ2n) is 4.86. The average Bonchev–Trinajstić information content (AvgIpc) is 2.96. The quantitative estimate of drug-likeness (QED) is 0.770. The van der Waals surface area contributed by atoms with Crippen molar-refractivity contribution in [3.63, 3.8) is 0 Å². The summed E-state index contributed by atoms with van der Waals surface area (Å²) in [6.07, 6.45) is 1.74. The van der Waals surface area contributed by atoms with Crippen LogP contribution in [0, 0.1) is 0 Å². The van der Waals surface area contributed by atoms with Crippen LogP contribution in [0.25, 0.3) is 22.2 Å². The van der Waals surface area contributed by atoms with Gasteiger partial charge in [0.05, 0.1) is 12.5 Å². The van der Waals surface area contributed by atoms with E-state index in [2.05, 4.69) is 4.98 Å². The smallest absolute Gasteiger partial charge is 0.332 e. The highest BCUT2D eigenvalue weighted by molar-refractivity contribution is 5.93. The lowest BCUT2D eigenvalue weighted by molar-refractivity contribution is 0.415. The number of hydrogen-bond donors (Lipinski definition) is 1.